The molecule has 0 atom stereocenters. The molecule has 7 nitrogen and oxygen atoms in total. The summed E-state index contributed by atoms with van der Waals surface area (Å²) < 4.78 is 5.45. The van der Waals surface area contributed by atoms with Crippen molar-refractivity contribution in [2.24, 2.45) is 32.9 Å². The largest absolute Gasteiger partial charge is 0.446 e. The summed E-state index contributed by atoms with van der Waals surface area (Å²) in [5.74, 6) is 0.570. The molecule has 182 valence electrons. The summed E-state index contributed by atoms with van der Waals surface area (Å²) in [6.07, 6.45) is 7.92. The van der Waals surface area contributed by atoms with Crippen LogP contribution in [0.4, 0.5) is 0 Å². The third kappa shape index (κ3) is 7.02. The van der Waals surface area contributed by atoms with Crippen molar-refractivity contribution in [3.8, 4) is 0 Å². The second-order valence-electron chi connectivity index (χ2n) is 11.7. The third-order valence-electron chi connectivity index (χ3n) is 7.26. The van der Waals surface area contributed by atoms with Crippen LogP contribution in [0.3, 0.4) is 0 Å². The Kier molecular flexibility index (Phi) is 7.80. The predicted octanol–water partition coefficient (Wildman–Crippen LogP) is 5.92. The highest BCUT2D eigenvalue weighted by atomic mass is 16.4. The van der Waals surface area contributed by atoms with E-state index in [0.717, 1.165) is 62.8 Å². The van der Waals surface area contributed by atoms with Crippen LogP contribution in [0.5, 0.6) is 0 Å². The van der Waals surface area contributed by atoms with Crippen LogP contribution in [0, 0.1) is 22.7 Å². The van der Waals surface area contributed by atoms with Gasteiger partial charge in [0.1, 0.15) is 0 Å². The zero-order valence-corrected chi connectivity index (χ0v) is 21.1. The van der Waals surface area contributed by atoms with Gasteiger partial charge in [-0.05, 0) is 86.2 Å². The molecule has 1 aromatic rings. The minimum Gasteiger partial charge on any atom is -0.446 e. The van der Waals surface area contributed by atoms with Crippen molar-refractivity contribution in [3.63, 3.8) is 0 Å². The Labute approximate surface area is 197 Å². The first-order valence-electron chi connectivity index (χ1n) is 12.2. The van der Waals surface area contributed by atoms with Gasteiger partial charge < -0.3 is 4.42 Å². The summed E-state index contributed by atoms with van der Waals surface area (Å²) in [6.45, 7) is 13.6. The van der Waals surface area contributed by atoms with Crippen LogP contribution < -0.4 is 10.9 Å². The van der Waals surface area contributed by atoms with Gasteiger partial charge in [-0.25, -0.2) is 10.9 Å². The van der Waals surface area contributed by atoms with Crippen LogP contribution in [0.1, 0.15) is 114 Å². The molecule has 0 radical (unpaired) electrons. The summed E-state index contributed by atoms with van der Waals surface area (Å²) in [5.41, 5.74) is 7.76. The van der Waals surface area contributed by atoms with Crippen molar-refractivity contribution in [2.45, 2.75) is 92.9 Å². The number of hydrazone groups is 2. The van der Waals surface area contributed by atoms with E-state index < -0.39 is 11.8 Å². The first kappa shape index (κ1) is 25.2. The lowest BCUT2D eigenvalue weighted by atomic mass is 9.72. The Balaban J connectivity index is 1.47. The summed E-state index contributed by atoms with van der Waals surface area (Å²) in [4.78, 5) is 24.8. The van der Waals surface area contributed by atoms with Gasteiger partial charge in [-0.1, -0.05) is 41.5 Å². The zero-order chi connectivity index (χ0) is 24.2. The number of carbonyl (C=O) groups is 2. The van der Waals surface area contributed by atoms with Crippen molar-refractivity contribution in [1.82, 2.24) is 10.9 Å². The zero-order valence-electron chi connectivity index (χ0n) is 21.1. The Hall–Kier alpha value is -2.44. The van der Waals surface area contributed by atoms with Crippen LogP contribution in [0.15, 0.2) is 26.8 Å². The number of rotatable bonds is 4. The maximum atomic E-state index is 12.4. The molecule has 2 fully saturated rings. The number of carbonyl (C=O) groups excluding carboxylic acids is 2. The Morgan fingerprint density at radius 2 is 1.06 bits per heavy atom. The number of nitrogens with one attached hydrogen (secondary N) is 2. The molecule has 3 rings (SSSR count). The molecular formula is C26H40N4O3. The average molecular weight is 457 g/mol. The highest BCUT2D eigenvalue weighted by molar-refractivity contribution is 5.97. The number of hydrogen-bond donors (Lipinski definition) is 2. The fourth-order valence-corrected chi connectivity index (χ4v) is 4.81. The first-order chi connectivity index (χ1) is 15.4. The van der Waals surface area contributed by atoms with E-state index in [2.05, 4.69) is 62.6 Å². The monoisotopic (exact) mass is 456 g/mol. The van der Waals surface area contributed by atoms with Gasteiger partial charge >= 0.3 is 11.8 Å². The normalized spacial score (nSPS) is 22.0. The Morgan fingerprint density at radius 3 is 1.36 bits per heavy atom. The molecular weight excluding hydrogens is 416 g/mol. The van der Waals surface area contributed by atoms with Crippen molar-refractivity contribution >= 4 is 23.2 Å². The van der Waals surface area contributed by atoms with Crippen molar-refractivity contribution in [1.29, 1.82) is 0 Å². The van der Waals surface area contributed by atoms with Crippen LogP contribution in [-0.4, -0.2) is 23.2 Å². The molecule has 0 unspecified atom stereocenters. The van der Waals surface area contributed by atoms with Gasteiger partial charge in [0, 0.05) is 11.4 Å². The molecule has 2 aliphatic rings. The lowest BCUT2D eigenvalue weighted by Gasteiger charge is -2.34. The summed E-state index contributed by atoms with van der Waals surface area (Å²) in [5, 5.41) is 8.57. The van der Waals surface area contributed by atoms with E-state index in [0.29, 0.717) is 22.7 Å². The van der Waals surface area contributed by atoms with E-state index in [1.807, 2.05) is 0 Å². The molecule has 2 N–H and O–H groups in total. The van der Waals surface area contributed by atoms with Gasteiger partial charge in [-0.15, -0.1) is 0 Å². The number of amides is 2. The molecule has 2 aliphatic carbocycles. The highest BCUT2D eigenvalue weighted by Crippen LogP contribution is 2.37. The molecule has 0 saturated heterocycles. The maximum absolute atomic E-state index is 12.4. The summed E-state index contributed by atoms with van der Waals surface area (Å²) in [6, 6.07) is 2.98. The highest BCUT2D eigenvalue weighted by Gasteiger charge is 2.29. The molecule has 7 heteroatoms. The summed E-state index contributed by atoms with van der Waals surface area (Å²) in [7, 11) is 0. The molecule has 1 heterocycles. The van der Waals surface area contributed by atoms with E-state index in [1.165, 1.54) is 12.1 Å². The topological polar surface area (TPSA) is 96.1 Å². The van der Waals surface area contributed by atoms with Gasteiger partial charge in [0.2, 0.25) is 0 Å². The molecule has 2 saturated carbocycles. The maximum Gasteiger partial charge on any atom is 0.307 e. The van der Waals surface area contributed by atoms with Gasteiger partial charge in [0.05, 0.1) is 0 Å². The summed E-state index contributed by atoms with van der Waals surface area (Å²) >= 11 is 0. The molecule has 0 aliphatic heterocycles. The Morgan fingerprint density at radius 1 is 0.727 bits per heavy atom. The predicted molar refractivity (Wildman–Crippen MR) is 131 cm³/mol. The number of nitrogens with zero attached hydrogens (tertiary/aromatic N) is 2. The molecule has 0 bridgehead atoms. The lowest BCUT2D eigenvalue weighted by molar-refractivity contribution is 0.0901. The fraction of sp³-hybridized carbons (Fsp3) is 0.692. The van der Waals surface area contributed by atoms with Crippen LogP contribution in [-0.2, 0) is 0 Å². The standard InChI is InChI=1S/C26H40N4O3/c1-25(2,3)17-7-11-19(12-8-17)27-29-23(31)21-15-16-22(33-21)24(32)30-28-20-13-9-18(10-14-20)26(4,5)6/h15-18H,7-14H2,1-6H3,(H,29,31)(H,30,32). The lowest BCUT2D eigenvalue weighted by Crippen LogP contribution is -2.27. The number of furan rings is 1. The third-order valence-corrected chi connectivity index (χ3v) is 7.26. The van der Waals surface area contributed by atoms with E-state index >= 15 is 0 Å². The second kappa shape index (κ2) is 10.2. The van der Waals surface area contributed by atoms with Crippen LogP contribution in [0.2, 0.25) is 0 Å². The van der Waals surface area contributed by atoms with E-state index in [4.69, 9.17) is 4.42 Å². The average Bonchev–Trinajstić information content (AvgIpc) is 3.26. The van der Waals surface area contributed by atoms with E-state index in [-0.39, 0.29) is 11.5 Å². The first-order valence-corrected chi connectivity index (χ1v) is 12.2. The minimum atomic E-state index is -0.452. The van der Waals surface area contributed by atoms with Gasteiger partial charge in [-0.3, -0.25) is 9.59 Å². The Bertz CT molecular complexity index is 822. The van der Waals surface area contributed by atoms with Crippen LogP contribution in [0.25, 0.3) is 0 Å². The van der Waals surface area contributed by atoms with Gasteiger partial charge in [0.15, 0.2) is 11.5 Å². The second-order valence-corrected chi connectivity index (χ2v) is 11.7. The van der Waals surface area contributed by atoms with Crippen molar-refractivity contribution in [2.75, 3.05) is 0 Å². The van der Waals surface area contributed by atoms with Crippen LogP contribution >= 0.6 is 0 Å². The van der Waals surface area contributed by atoms with Crippen molar-refractivity contribution in [3.05, 3.63) is 23.7 Å². The molecule has 1 aromatic heterocycles. The minimum absolute atomic E-state index is 0.0613. The molecule has 0 spiro atoms. The van der Waals surface area contributed by atoms with E-state index in [1.54, 1.807) is 0 Å². The SMILES string of the molecule is CC(C)(C)C1CCC(=NNC(=O)c2ccc(C(=O)NN=C3CCC(C(C)(C)C)CC3)o2)CC1. The quantitative estimate of drug-likeness (QED) is 0.550. The molecule has 33 heavy (non-hydrogen) atoms. The number of hydrogen-bond acceptors (Lipinski definition) is 5. The molecule has 0 aromatic carbocycles. The smallest absolute Gasteiger partial charge is 0.307 e. The van der Waals surface area contributed by atoms with E-state index in [9.17, 15) is 9.59 Å². The van der Waals surface area contributed by atoms with Gasteiger partial charge in [-0.2, -0.15) is 10.2 Å². The fourth-order valence-electron chi connectivity index (χ4n) is 4.81. The van der Waals surface area contributed by atoms with Crippen molar-refractivity contribution < 1.29 is 14.0 Å². The van der Waals surface area contributed by atoms with Gasteiger partial charge in [0.25, 0.3) is 0 Å². The molecule has 2 amide bonds.